The number of aromatic nitrogens is 2. The van der Waals surface area contributed by atoms with Crippen molar-refractivity contribution in [3.63, 3.8) is 0 Å². The SMILES string of the molecule is CCOC(=O)c1cc(NC(=O)OCc2ccccc2)ncc1F.O=C(Nc1cc(C(=O)O)c(F)cn1)OCc1ccccc1. The molecule has 0 atom stereocenters. The van der Waals surface area contributed by atoms with Gasteiger partial charge in [-0.15, -0.1) is 0 Å². The third-order valence-corrected chi connectivity index (χ3v) is 5.32. The van der Waals surface area contributed by atoms with Crippen LogP contribution in [-0.2, 0) is 27.4 Å². The first-order valence-corrected chi connectivity index (χ1v) is 12.8. The zero-order valence-electron chi connectivity index (χ0n) is 23.2. The van der Waals surface area contributed by atoms with Crippen LogP contribution in [0.2, 0.25) is 0 Å². The van der Waals surface area contributed by atoms with Crippen LogP contribution in [0.15, 0.2) is 85.2 Å². The maximum atomic E-state index is 13.5. The molecule has 0 saturated carbocycles. The maximum Gasteiger partial charge on any atom is 0.413 e. The molecule has 3 N–H and O–H groups in total. The average Bonchev–Trinajstić information content (AvgIpc) is 3.02. The second-order valence-electron chi connectivity index (χ2n) is 8.50. The van der Waals surface area contributed by atoms with Crippen molar-refractivity contribution in [1.29, 1.82) is 0 Å². The molecule has 4 aromatic rings. The van der Waals surface area contributed by atoms with Crippen LogP contribution in [0.25, 0.3) is 0 Å². The maximum absolute atomic E-state index is 13.5. The van der Waals surface area contributed by atoms with Gasteiger partial charge in [0.25, 0.3) is 0 Å². The molecule has 0 aliphatic carbocycles. The van der Waals surface area contributed by atoms with E-state index in [1.54, 1.807) is 31.2 Å². The molecule has 2 aromatic heterocycles. The monoisotopic (exact) mass is 608 g/mol. The van der Waals surface area contributed by atoms with Gasteiger partial charge in [-0.3, -0.25) is 10.6 Å². The lowest BCUT2D eigenvalue weighted by Gasteiger charge is -2.08. The number of nitrogens with zero attached hydrogens (tertiary/aromatic N) is 2. The number of hydrogen-bond donors (Lipinski definition) is 3. The van der Waals surface area contributed by atoms with Gasteiger partial charge >= 0.3 is 24.1 Å². The fourth-order valence-electron chi connectivity index (χ4n) is 3.27. The highest BCUT2D eigenvalue weighted by atomic mass is 19.1. The third-order valence-electron chi connectivity index (χ3n) is 5.32. The molecule has 44 heavy (non-hydrogen) atoms. The lowest BCUT2D eigenvalue weighted by atomic mass is 10.2. The molecule has 2 heterocycles. The van der Waals surface area contributed by atoms with Crippen molar-refractivity contribution in [2.75, 3.05) is 17.2 Å². The minimum atomic E-state index is -1.45. The number of nitrogens with one attached hydrogen (secondary N) is 2. The Hall–Kier alpha value is -5.92. The van der Waals surface area contributed by atoms with Crippen molar-refractivity contribution in [1.82, 2.24) is 9.97 Å². The van der Waals surface area contributed by atoms with Gasteiger partial charge in [0.2, 0.25) is 0 Å². The molecule has 0 radical (unpaired) electrons. The van der Waals surface area contributed by atoms with Crippen LogP contribution in [0.1, 0.15) is 38.8 Å². The first-order valence-electron chi connectivity index (χ1n) is 12.8. The number of carbonyl (C=O) groups excluding carboxylic acids is 3. The Kier molecular flexibility index (Phi) is 12.2. The number of amides is 2. The third kappa shape index (κ3) is 10.5. The number of aromatic carboxylic acids is 1. The summed E-state index contributed by atoms with van der Waals surface area (Å²) in [5, 5.41) is 13.3. The molecule has 0 spiro atoms. The van der Waals surface area contributed by atoms with Crippen molar-refractivity contribution in [2.45, 2.75) is 20.1 Å². The first-order chi connectivity index (χ1) is 21.2. The lowest BCUT2D eigenvalue weighted by Crippen LogP contribution is -2.16. The van der Waals surface area contributed by atoms with E-state index >= 15 is 0 Å². The largest absolute Gasteiger partial charge is 0.478 e. The van der Waals surface area contributed by atoms with E-state index in [2.05, 4.69) is 20.6 Å². The van der Waals surface area contributed by atoms with Crippen molar-refractivity contribution in [3.8, 4) is 0 Å². The van der Waals surface area contributed by atoms with Gasteiger partial charge in [0.05, 0.1) is 19.0 Å². The number of pyridine rings is 2. The average molecular weight is 609 g/mol. The zero-order valence-corrected chi connectivity index (χ0v) is 23.2. The molecular formula is C30H26F2N4O8. The van der Waals surface area contributed by atoms with Gasteiger partial charge < -0.3 is 19.3 Å². The molecule has 0 fully saturated rings. The summed E-state index contributed by atoms with van der Waals surface area (Å²) in [5.41, 5.74) is 0.733. The normalized spacial score (nSPS) is 9.98. The van der Waals surface area contributed by atoms with E-state index < -0.39 is 41.3 Å². The zero-order chi connectivity index (χ0) is 31.9. The van der Waals surface area contributed by atoms with Gasteiger partial charge in [0, 0.05) is 0 Å². The summed E-state index contributed by atoms with van der Waals surface area (Å²) in [6.45, 7) is 1.86. The smallest absolute Gasteiger partial charge is 0.413 e. The van der Waals surface area contributed by atoms with Crippen molar-refractivity contribution >= 4 is 35.8 Å². The van der Waals surface area contributed by atoms with Gasteiger partial charge in [-0.05, 0) is 30.2 Å². The molecule has 0 saturated heterocycles. The number of hydrogen-bond acceptors (Lipinski definition) is 9. The van der Waals surface area contributed by atoms with Crippen LogP contribution < -0.4 is 10.6 Å². The van der Waals surface area contributed by atoms with Crippen molar-refractivity contribution in [3.05, 3.63) is 119 Å². The van der Waals surface area contributed by atoms with Gasteiger partial charge in [0.1, 0.15) is 36.0 Å². The molecule has 0 bridgehead atoms. The molecule has 228 valence electrons. The van der Waals surface area contributed by atoms with Gasteiger partial charge in [-0.25, -0.2) is 37.9 Å². The van der Waals surface area contributed by atoms with E-state index in [4.69, 9.17) is 19.3 Å². The Morgan fingerprint density at radius 1 is 0.705 bits per heavy atom. The Bertz CT molecular complexity index is 1590. The molecule has 2 amide bonds. The fourth-order valence-corrected chi connectivity index (χ4v) is 3.27. The summed E-state index contributed by atoms with van der Waals surface area (Å²) in [6, 6.07) is 20.1. The molecule has 4 rings (SSSR count). The highest BCUT2D eigenvalue weighted by Crippen LogP contribution is 2.14. The number of benzene rings is 2. The summed E-state index contributed by atoms with van der Waals surface area (Å²) >= 11 is 0. The molecule has 12 nitrogen and oxygen atoms in total. The quantitative estimate of drug-likeness (QED) is 0.156. The predicted octanol–water partition coefficient (Wildman–Crippen LogP) is 5.81. The van der Waals surface area contributed by atoms with E-state index in [0.29, 0.717) is 0 Å². The van der Waals surface area contributed by atoms with Gasteiger partial charge in [-0.2, -0.15) is 0 Å². The first kappa shape index (κ1) is 32.6. The summed E-state index contributed by atoms with van der Waals surface area (Å²) < 4.78 is 41.3. The number of ether oxygens (including phenoxy) is 3. The number of carbonyl (C=O) groups is 4. The molecule has 0 aliphatic heterocycles. The summed E-state index contributed by atoms with van der Waals surface area (Å²) in [7, 11) is 0. The number of esters is 1. The van der Waals surface area contributed by atoms with E-state index in [1.165, 1.54) is 0 Å². The predicted molar refractivity (Wildman–Crippen MR) is 152 cm³/mol. The number of anilines is 2. The Morgan fingerprint density at radius 3 is 1.57 bits per heavy atom. The van der Waals surface area contributed by atoms with E-state index in [1.807, 2.05) is 36.4 Å². The number of halogens is 2. The van der Waals surface area contributed by atoms with Crippen LogP contribution in [0.4, 0.5) is 30.0 Å². The van der Waals surface area contributed by atoms with Crippen LogP contribution in [0.5, 0.6) is 0 Å². The van der Waals surface area contributed by atoms with E-state index in [9.17, 15) is 28.0 Å². The van der Waals surface area contributed by atoms with Crippen molar-refractivity contribution in [2.24, 2.45) is 0 Å². The van der Waals surface area contributed by atoms with Crippen molar-refractivity contribution < 1.29 is 47.3 Å². The Balaban J connectivity index is 0.000000241. The van der Waals surface area contributed by atoms with Crippen LogP contribution >= 0.6 is 0 Å². The highest BCUT2D eigenvalue weighted by Gasteiger charge is 2.16. The summed E-state index contributed by atoms with van der Waals surface area (Å²) in [5.74, 6) is -4.19. The topological polar surface area (TPSA) is 166 Å². The minimum absolute atomic E-state index is 0.00693. The lowest BCUT2D eigenvalue weighted by molar-refractivity contribution is 0.0520. The molecular weight excluding hydrogens is 582 g/mol. The second kappa shape index (κ2) is 16.5. The second-order valence-corrected chi connectivity index (χ2v) is 8.50. The standard InChI is InChI=1S/C16H15FN2O4.C14H11FN2O4/c1-2-22-15(20)12-8-14(18-9-13(12)17)19-16(21)23-10-11-6-4-3-5-7-11;15-11-7-16-12(6-10(11)13(18)19)17-14(20)21-8-9-4-2-1-3-5-9/h3-9H,2,10H2,1H3,(H,18,19,21);1-7H,8H2,(H,18,19)(H,16,17,20). The number of carboxylic acid groups (broad SMARTS) is 1. The van der Waals surface area contributed by atoms with Crippen LogP contribution in [-0.4, -0.2) is 45.8 Å². The Morgan fingerprint density at radius 2 is 1.14 bits per heavy atom. The van der Waals surface area contributed by atoms with Crippen LogP contribution in [0.3, 0.4) is 0 Å². The number of carboxylic acids is 1. The number of rotatable bonds is 9. The molecule has 14 heteroatoms. The molecule has 0 aliphatic rings. The van der Waals surface area contributed by atoms with E-state index in [0.717, 1.165) is 35.7 Å². The minimum Gasteiger partial charge on any atom is -0.478 e. The summed E-state index contributed by atoms with van der Waals surface area (Å²) in [4.78, 5) is 52.8. The molecule has 0 unspecified atom stereocenters. The van der Waals surface area contributed by atoms with Gasteiger partial charge in [0.15, 0.2) is 11.6 Å². The summed E-state index contributed by atoms with van der Waals surface area (Å²) in [6.07, 6.45) is -0.0212. The van der Waals surface area contributed by atoms with Gasteiger partial charge in [-0.1, -0.05) is 60.7 Å². The Labute approximate surface area is 249 Å². The molecule has 2 aromatic carbocycles. The van der Waals surface area contributed by atoms with Crippen LogP contribution in [0, 0.1) is 11.6 Å². The fraction of sp³-hybridized carbons (Fsp3) is 0.133. The van der Waals surface area contributed by atoms with E-state index in [-0.39, 0.29) is 37.0 Å². The highest BCUT2D eigenvalue weighted by molar-refractivity contribution is 5.92.